The van der Waals surface area contributed by atoms with Crippen molar-refractivity contribution in [2.24, 2.45) is 11.8 Å². The SMILES string of the molecule is CN1CCC(CNc2cc(N)c(C(=O)C3CC3)s2)C1. The number of nitrogen functional groups attached to an aromatic ring is 1. The molecule has 104 valence electrons. The highest BCUT2D eigenvalue weighted by Gasteiger charge is 2.32. The number of ketones is 1. The molecule has 0 aromatic carbocycles. The van der Waals surface area contributed by atoms with Crippen LogP contribution in [0.15, 0.2) is 6.07 Å². The third-order valence-corrected chi connectivity index (χ3v) is 5.11. The highest BCUT2D eigenvalue weighted by molar-refractivity contribution is 7.18. The molecule has 4 nitrogen and oxygen atoms in total. The number of carbonyl (C=O) groups excluding carboxylic acids is 1. The van der Waals surface area contributed by atoms with Crippen molar-refractivity contribution in [3.05, 3.63) is 10.9 Å². The number of nitrogens with zero attached hydrogens (tertiary/aromatic N) is 1. The summed E-state index contributed by atoms with van der Waals surface area (Å²) in [5, 5.41) is 4.48. The normalized spacial score (nSPS) is 23.7. The summed E-state index contributed by atoms with van der Waals surface area (Å²) in [5.74, 6) is 1.20. The fourth-order valence-electron chi connectivity index (χ4n) is 2.65. The number of likely N-dealkylation sites (tertiary alicyclic amines) is 1. The van der Waals surface area contributed by atoms with Gasteiger partial charge in [0.15, 0.2) is 5.78 Å². The summed E-state index contributed by atoms with van der Waals surface area (Å²) in [4.78, 5) is 15.2. The Bertz CT molecular complexity index is 481. The van der Waals surface area contributed by atoms with Gasteiger partial charge in [-0.3, -0.25) is 4.79 Å². The third kappa shape index (κ3) is 2.92. The minimum atomic E-state index is 0.246. The molecule has 2 fully saturated rings. The van der Waals surface area contributed by atoms with Gasteiger partial charge in [-0.1, -0.05) is 0 Å². The highest BCUT2D eigenvalue weighted by atomic mass is 32.1. The summed E-state index contributed by atoms with van der Waals surface area (Å²) >= 11 is 1.52. The van der Waals surface area contributed by atoms with Crippen molar-refractivity contribution in [1.29, 1.82) is 0 Å². The molecule has 0 bridgehead atoms. The van der Waals surface area contributed by atoms with Crippen LogP contribution in [0, 0.1) is 11.8 Å². The Kier molecular flexibility index (Phi) is 3.50. The van der Waals surface area contributed by atoms with Crippen molar-refractivity contribution in [3.8, 4) is 0 Å². The lowest BCUT2D eigenvalue weighted by Crippen LogP contribution is -2.18. The van der Waals surface area contributed by atoms with Crippen LogP contribution in [0.4, 0.5) is 10.7 Å². The second-order valence-corrected chi connectivity index (χ2v) is 6.88. The standard InChI is InChI=1S/C14H21N3OS/c1-17-5-4-9(8-17)7-16-12-6-11(15)14(19-12)13(18)10-2-3-10/h6,9-10,16H,2-5,7-8,15H2,1H3. The lowest BCUT2D eigenvalue weighted by Gasteiger charge is -2.11. The van der Waals surface area contributed by atoms with Crippen LogP contribution in [0.2, 0.25) is 0 Å². The summed E-state index contributed by atoms with van der Waals surface area (Å²) < 4.78 is 0. The molecule has 1 aliphatic carbocycles. The molecular formula is C14H21N3OS. The number of nitrogens with one attached hydrogen (secondary N) is 1. The quantitative estimate of drug-likeness (QED) is 0.812. The van der Waals surface area contributed by atoms with Gasteiger partial charge in [0.25, 0.3) is 0 Å². The lowest BCUT2D eigenvalue weighted by atomic mass is 10.1. The van der Waals surface area contributed by atoms with E-state index < -0.39 is 0 Å². The molecule has 0 radical (unpaired) electrons. The van der Waals surface area contributed by atoms with Gasteiger partial charge >= 0.3 is 0 Å². The van der Waals surface area contributed by atoms with Crippen LogP contribution in [-0.2, 0) is 0 Å². The highest BCUT2D eigenvalue weighted by Crippen LogP contribution is 2.38. The molecule has 3 rings (SSSR count). The average Bonchev–Trinajstić information content (AvgIpc) is 3.05. The van der Waals surface area contributed by atoms with Gasteiger partial charge in [0, 0.05) is 19.0 Å². The molecule has 1 aliphatic heterocycles. The molecule has 1 aromatic heterocycles. The number of rotatable bonds is 5. The second-order valence-electron chi connectivity index (χ2n) is 5.83. The van der Waals surface area contributed by atoms with Crippen molar-refractivity contribution in [2.45, 2.75) is 19.3 Å². The zero-order valence-electron chi connectivity index (χ0n) is 11.3. The van der Waals surface area contributed by atoms with Gasteiger partial charge in [0.2, 0.25) is 0 Å². The van der Waals surface area contributed by atoms with Crippen LogP contribution in [0.25, 0.3) is 0 Å². The summed E-state index contributed by atoms with van der Waals surface area (Å²) in [7, 11) is 2.16. The molecular weight excluding hydrogens is 258 g/mol. The molecule has 2 heterocycles. The number of thiophene rings is 1. The number of Topliss-reactive ketones (excluding diaryl/α,β-unsaturated/α-hetero) is 1. The van der Waals surface area contributed by atoms with Gasteiger partial charge < -0.3 is 16.0 Å². The first-order chi connectivity index (χ1) is 9.13. The van der Waals surface area contributed by atoms with Crippen LogP contribution in [-0.4, -0.2) is 37.4 Å². The average molecular weight is 279 g/mol. The van der Waals surface area contributed by atoms with Crippen molar-refractivity contribution < 1.29 is 4.79 Å². The Morgan fingerprint density at radius 3 is 2.95 bits per heavy atom. The molecule has 5 heteroatoms. The maximum atomic E-state index is 12.0. The number of hydrogen-bond donors (Lipinski definition) is 2. The van der Waals surface area contributed by atoms with E-state index in [1.54, 1.807) is 0 Å². The minimum absolute atomic E-state index is 0.246. The van der Waals surface area contributed by atoms with Crippen LogP contribution in [0.1, 0.15) is 28.9 Å². The van der Waals surface area contributed by atoms with Gasteiger partial charge in [-0.25, -0.2) is 0 Å². The minimum Gasteiger partial charge on any atom is -0.397 e. The molecule has 1 aromatic rings. The maximum absolute atomic E-state index is 12.0. The molecule has 1 atom stereocenters. The summed E-state index contributed by atoms with van der Waals surface area (Å²) in [5.41, 5.74) is 6.60. The van der Waals surface area contributed by atoms with Gasteiger partial charge in [0.05, 0.1) is 15.6 Å². The molecule has 2 aliphatic rings. The topological polar surface area (TPSA) is 58.4 Å². The fraction of sp³-hybridized carbons (Fsp3) is 0.643. The molecule has 1 unspecified atom stereocenters. The molecule has 1 saturated carbocycles. The van der Waals surface area contributed by atoms with Crippen LogP contribution >= 0.6 is 11.3 Å². The van der Waals surface area contributed by atoms with E-state index in [2.05, 4.69) is 17.3 Å². The molecule has 1 saturated heterocycles. The summed E-state index contributed by atoms with van der Waals surface area (Å²) in [6.45, 7) is 3.31. The van der Waals surface area contributed by atoms with Crippen LogP contribution in [0.3, 0.4) is 0 Å². The molecule has 3 N–H and O–H groups in total. The number of hydrogen-bond acceptors (Lipinski definition) is 5. The molecule has 0 amide bonds. The monoisotopic (exact) mass is 279 g/mol. The van der Waals surface area contributed by atoms with E-state index in [-0.39, 0.29) is 11.7 Å². The van der Waals surface area contributed by atoms with Crippen molar-refractivity contribution >= 4 is 27.8 Å². The van der Waals surface area contributed by atoms with Gasteiger partial charge in [-0.05, 0) is 44.8 Å². The predicted octanol–water partition coefficient (Wildman–Crippen LogP) is 2.29. The van der Waals surface area contributed by atoms with E-state index in [1.165, 1.54) is 24.3 Å². The molecule has 19 heavy (non-hydrogen) atoms. The first-order valence-electron chi connectivity index (χ1n) is 6.99. The first kappa shape index (κ1) is 12.9. The zero-order valence-corrected chi connectivity index (χ0v) is 12.1. The Balaban J connectivity index is 1.59. The number of carbonyl (C=O) groups is 1. The van der Waals surface area contributed by atoms with Crippen LogP contribution < -0.4 is 11.1 Å². The Labute approximate surface area is 118 Å². The van der Waals surface area contributed by atoms with Crippen molar-refractivity contribution in [1.82, 2.24) is 4.90 Å². The summed E-state index contributed by atoms with van der Waals surface area (Å²) in [6.07, 6.45) is 3.32. The smallest absolute Gasteiger partial charge is 0.178 e. The Morgan fingerprint density at radius 2 is 2.32 bits per heavy atom. The van der Waals surface area contributed by atoms with E-state index in [9.17, 15) is 4.79 Å². The van der Waals surface area contributed by atoms with E-state index >= 15 is 0 Å². The van der Waals surface area contributed by atoms with Gasteiger partial charge in [-0.2, -0.15) is 0 Å². The van der Waals surface area contributed by atoms with E-state index in [0.29, 0.717) is 11.6 Å². The van der Waals surface area contributed by atoms with Gasteiger partial charge in [-0.15, -0.1) is 11.3 Å². The zero-order chi connectivity index (χ0) is 13.4. The number of nitrogens with two attached hydrogens (primary N) is 1. The Morgan fingerprint density at radius 1 is 1.53 bits per heavy atom. The number of anilines is 2. The third-order valence-electron chi connectivity index (χ3n) is 3.99. The second kappa shape index (κ2) is 5.13. The van der Waals surface area contributed by atoms with Crippen LogP contribution in [0.5, 0.6) is 0 Å². The predicted molar refractivity (Wildman–Crippen MR) is 79.9 cm³/mol. The first-order valence-corrected chi connectivity index (χ1v) is 7.81. The van der Waals surface area contributed by atoms with E-state index in [1.807, 2.05) is 6.07 Å². The lowest BCUT2D eigenvalue weighted by molar-refractivity contribution is 0.0972. The summed E-state index contributed by atoms with van der Waals surface area (Å²) in [6, 6.07) is 1.92. The van der Waals surface area contributed by atoms with Crippen molar-refractivity contribution in [2.75, 3.05) is 37.7 Å². The van der Waals surface area contributed by atoms with Gasteiger partial charge in [0.1, 0.15) is 0 Å². The maximum Gasteiger partial charge on any atom is 0.178 e. The Hall–Kier alpha value is -1.07. The largest absolute Gasteiger partial charge is 0.397 e. The van der Waals surface area contributed by atoms with Crippen molar-refractivity contribution in [3.63, 3.8) is 0 Å². The van der Waals surface area contributed by atoms with E-state index in [0.717, 1.165) is 35.8 Å². The fourth-order valence-corrected chi connectivity index (χ4v) is 3.66. The molecule has 0 spiro atoms. The van der Waals surface area contributed by atoms with E-state index in [4.69, 9.17) is 5.73 Å².